The summed E-state index contributed by atoms with van der Waals surface area (Å²) in [7, 11) is -3.79. The van der Waals surface area contributed by atoms with Crippen molar-refractivity contribution in [3.63, 3.8) is 0 Å². The van der Waals surface area contributed by atoms with Gasteiger partial charge >= 0.3 is 0 Å². The second kappa shape index (κ2) is 6.59. The number of sulfonamides is 1. The Balaban J connectivity index is 2.13. The summed E-state index contributed by atoms with van der Waals surface area (Å²) in [5.74, 6) is -0.577. The van der Waals surface area contributed by atoms with Crippen molar-refractivity contribution in [2.45, 2.75) is 37.6 Å². The predicted molar refractivity (Wildman–Crippen MR) is 90.6 cm³/mol. The van der Waals surface area contributed by atoms with Gasteiger partial charge in [0.25, 0.3) is 0 Å². The Bertz CT molecular complexity index is 796. The van der Waals surface area contributed by atoms with Crippen LogP contribution in [0.2, 0.25) is 5.02 Å². The van der Waals surface area contributed by atoms with Gasteiger partial charge in [-0.2, -0.15) is 0 Å². The second-order valence-electron chi connectivity index (χ2n) is 6.35. The molecule has 0 spiro atoms. The van der Waals surface area contributed by atoms with Gasteiger partial charge in [-0.3, -0.25) is 0 Å². The topological polar surface area (TPSA) is 46.2 Å². The number of halogens is 2. The van der Waals surface area contributed by atoms with Crippen molar-refractivity contribution in [1.82, 2.24) is 4.72 Å². The molecule has 0 atom stereocenters. The Labute approximate surface area is 141 Å². The van der Waals surface area contributed by atoms with E-state index in [1.54, 1.807) is 0 Å². The zero-order valence-electron chi connectivity index (χ0n) is 13.2. The lowest BCUT2D eigenvalue weighted by Gasteiger charge is -2.19. The fourth-order valence-electron chi connectivity index (χ4n) is 2.07. The van der Waals surface area contributed by atoms with Crippen LogP contribution in [-0.4, -0.2) is 8.42 Å². The van der Waals surface area contributed by atoms with Crippen molar-refractivity contribution in [2.75, 3.05) is 0 Å². The van der Waals surface area contributed by atoms with E-state index in [1.807, 2.05) is 24.3 Å². The summed E-state index contributed by atoms with van der Waals surface area (Å²) in [5.41, 5.74) is 2.05. The summed E-state index contributed by atoms with van der Waals surface area (Å²) in [4.78, 5) is -0.133. The Hall–Kier alpha value is -1.43. The molecule has 0 radical (unpaired) electrons. The highest BCUT2D eigenvalue weighted by Gasteiger charge is 2.18. The molecule has 2 aromatic rings. The maximum absolute atomic E-state index is 13.0. The molecule has 0 aliphatic carbocycles. The molecule has 2 aromatic carbocycles. The van der Waals surface area contributed by atoms with E-state index in [2.05, 4.69) is 25.5 Å². The molecule has 6 heteroatoms. The smallest absolute Gasteiger partial charge is 0.207 e. The lowest BCUT2D eigenvalue weighted by Crippen LogP contribution is -2.23. The first kappa shape index (κ1) is 17.9. The summed E-state index contributed by atoms with van der Waals surface area (Å²) in [6.45, 7) is 6.48. The quantitative estimate of drug-likeness (QED) is 0.890. The van der Waals surface area contributed by atoms with Crippen molar-refractivity contribution in [3.05, 3.63) is 64.4 Å². The first-order valence-corrected chi connectivity index (χ1v) is 9.00. The molecule has 0 amide bonds. The molecule has 0 saturated carbocycles. The zero-order chi connectivity index (χ0) is 17.3. The predicted octanol–water partition coefficient (Wildman–Crippen LogP) is 4.26. The molecule has 1 N–H and O–H groups in total. The zero-order valence-corrected chi connectivity index (χ0v) is 14.8. The van der Waals surface area contributed by atoms with Crippen LogP contribution >= 0.6 is 11.6 Å². The molecule has 0 fully saturated rings. The highest BCUT2D eigenvalue weighted by atomic mass is 35.5. The van der Waals surface area contributed by atoms with E-state index in [0.717, 1.165) is 23.8 Å². The van der Waals surface area contributed by atoms with Gasteiger partial charge in [-0.05, 0) is 34.7 Å². The van der Waals surface area contributed by atoms with Gasteiger partial charge in [-0.25, -0.2) is 17.5 Å². The van der Waals surface area contributed by atoms with Gasteiger partial charge in [0.05, 0.1) is 5.02 Å². The van der Waals surface area contributed by atoms with E-state index < -0.39 is 15.8 Å². The fraction of sp³-hybridized carbons (Fsp3) is 0.294. The highest BCUT2D eigenvalue weighted by Crippen LogP contribution is 2.24. The monoisotopic (exact) mass is 355 g/mol. The van der Waals surface area contributed by atoms with Gasteiger partial charge in [0.15, 0.2) is 0 Å². The number of hydrogen-bond donors (Lipinski definition) is 1. The Morgan fingerprint density at radius 1 is 1.09 bits per heavy atom. The van der Waals surface area contributed by atoms with Crippen LogP contribution in [0.5, 0.6) is 0 Å². The van der Waals surface area contributed by atoms with Crippen LogP contribution < -0.4 is 4.72 Å². The Morgan fingerprint density at radius 2 is 1.70 bits per heavy atom. The number of rotatable bonds is 4. The Kier molecular flexibility index (Phi) is 5.14. The molecular formula is C17H19ClFNO2S. The minimum Gasteiger partial charge on any atom is -0.207 e. The van der Waals surface area contributed by atoms with Gasteiger partial charge in [-0.1, -0.05) is 56.6 Å². The molecule has 2 rings (SSSR count). The van der Waals surface area contributed by atoms with Gasteiger partial charge < -0.3 is 0 Å². The molecule has 23 heavy (non-hydrogen) atoms. The van der Waals surface area contributed by atoms with Gasteiger partial charge in [0.2, 0.25) is 10.0 Å². The largest absolute Gasteiger partial charge is 0.242 e. The third-order valence-corrected chi connectivity index (χ3v) is 5.35. The first-order chi connectivity index (χ1) is 10.6. The van der Waals surface area contributed by atoms with Crippen LogP contribution in [-0.2, 0) is 22.0 Å². The SMILES string of the molecule is CC(C)(C)c1ccc(CNS(=O)(=O)c2ccc(F)cc2Cl)cc1. The average Bonchev–Trinajstić information content (AvgIpc) is 2.44. The van der Waals surface area contributed by atoms with Crippen LogP contribution in [0.15, 0.2) is 47.4 Å². The Morgan fingerprint density at radius 3 is 2.22 bits per heavy atom. The minimum absolute atomic E-state index is 0.0413. The molecule has 0 aromatic heterocycles. The van der Waals surface area contributed by atoms with E-state index in [0.29, 0.717) is 0 Å². The standard InChI is InChI=1S/C17H19ClFNO2S/c1-17(2,3)13-6-4-12(5-7-13)11-20-23(21,22)16-9-8-14(19)10-15(16)18/h4-10,20H,11H2,1-3H3. The third-order valence-electron chi connectivity index (χ3n) is 3.47. The molecule has 0 saturated heterocycles. The number of benzene rings is 2. The average molecular weight is 356 g/mol. The summed E-state index contributed by atoms with van der Waals surface area (Å²) in [5, 5.41) is -0.138. The summed E-state index contributed by atoms with van der Waals surface area (Å²) >= 11 is 5.81. The molecule has 0 aliphatic heterocycles. The van der Waals surface area contributed by atoms with Crippen molar-refractivity contribution in [2.24, 2.45) is 0 Å². The second-order valence-corrected chi connectivity index (χ2v) is 8.49. The van der Waals surface area contributed by atoms with Crippen molar-refractivity contribution >= 4 is 21.6 Å². The van der Waals surface area contributed by atoms with Crippen molar-refractivity contribution in [3.8, 4) is 0 Å². The molecule has 0 unspecified atom stereocenters. The summed E-state index contributed by atoms with van der Waals surface area (Å²) in [6.07, 6.45) is 0. The highest BCUT2D eigenvalue weighted by molar-refractivity contribution is 7.89. The van der Waals surface area contributed by atoms with Crippen molar-refractivity contribution < 1.29 is 12.8 Å². The van der Waals surface area contributed by atoms with Gasteiger partial charge in [-0.15, -0.1) is 0 Å². The van der Waals surface area contributed by atoms with Crippen LogP contribution in [0.25, 0.3) is 0 Å². The van der Waals surface area contributed by atoms with Crippen LogP contribution in [0.1, 0.15) is 31.9 Å². The maximum Gasteiger partial charge on any atom is 0.242 e. The maximum atomic E-state index is 13.0. The fourth-order valence-corrected chi connectivity index (χ4v) is 3.62. The summed E-state index contributed by atoms with van der Waals surface area (Å²) in [6, 6.07) is 10.9. The van der Waals surface area contributed by atoms with Gasteiger partial charge in [0.1, 0.15) is 10.7 Å². The third kappa shape index (κ3) is 4.53. The lowest BCUT2D eigenvalue weighted by atomic mass is 9.87. The summed E-state index contributed by atoms with van der Waals surface area (Å²) < 4.78 is 40.0. The molecule has 3 nitrogen and oxygen atoms in total. The van der Waals surface area contributed by atoms with E-state index in [9.17, 15) is 12.8 Å². The molecular weight excluding hydrogens is 337 g/mol. The molecule has 124 valence electrons. The van der Waals surface area contributed by atoms with Gasteiger partial charge in [0, 0.05) is 6.54 Å². The number of nitrogens with one attached hydrogen (secondary N) is 1. The van der Waals surface area contributed by atoms with Crippen LogP contribution in [0, 0.1) is 5.82 Å². The van der Waals surface area contributed by atoms with E-state index in [4.69, 9.17) is 11.6 Å². The lowest BCUT2D eigenvalue weighted by molar-refractivity contribution is 0.579. The van der Waals surface area contributed by atoms with Crippen molar-refractivity contribution in [1.29, 1.82) is 0 Å². The molecule has 0 aliphatic rings. The minimum atomic E-state index is -3.79. The number of hydrogen-bond acceptors (Lipinski definition) is 2. The van der Waals surface area contributed by atoms with E-state index >= 15 is 0 Å². The normalized spacial score (nSPS) is 12.4. The molecule has 0 bridgehead atoms. The first-order valence-electron chi connectivity index (χ1n) is 7.14. The van der Waals surface area contributed by atoms with E-state index in [1.165, 1.54) is 5.56 Å². The van der Waals surface area contributed by atoms with Crippen LogP contribution in [0.4, 0.5) is 4.39 Å². The van der Waals surface area contributed by atoms with E-state index in [-0.39, 0.29) is 21.9 Å². The van der Waals surface area contributed by atoms with Crippen LogP contribution in [0.3, 0.4) is 0 Å². The molecule has 0 heterocycles.